The average Bonchev–Trinajstić information content (AvgIpc) is 2.93. The second-order valence-electron chi connectivity index (χ2n) is 4.52. The number of carbonyl (C=O) groups excluding carboxylic acids is 1. The summed E-state index contributed by atoms with van der Waals surface area (Å²) in [6.07, 6.45) is 0.181. The molecule has 19 heavy (non-hydrogen) atoms. The summed E-state index contributed by atoms with van der Waals surface area (Å²) < 4.78 is 5.32. The Morgan fingerprint density at radius 3 is 2.74 bits per heavy atom. The Morgan fingerprint density at radius 2 is 2.21 bits per heavy atom. The molecule has 0 aliphatic carbocycles. The number of thiazole rings is 1. The van der Waals surface area contributed by atoms with E-state index in [4.69, 9.17) is 9.84 Å². The first kappa shape index (κ1) is 14.0. The average molecular weight is 284 g/mol. The molecule has 0 saturated carbocycles. The third kappa shape index (κ3) is 3.30. The molecule has 0 spiro atoms. The summed E-state index contributed by atoms with van der Waals surface area (Å²) in [7, 11) is 0. The fourth-order valence-corrected chi connectivity index (χ4v) is 2.90. The molecule has 1 aliphatic heterocycles. The molecule has 1 aliphatic rings. The summed E-state index contributed by atoms with van der Waals surface area (Å²) in [4.78, 5) is 27.5. The van der Waals surface area contributed by atoms with Gasteiger partial charge in [0.15, 0.2) is 6.10 Å². The smallest absolute Gasteiger partial charge is 0.332 e. The number of carboxylic acid groups (broad SMARTS) is 1. The van der Waals surface area contributed by atoms with E-state index in [1.54, 1.807) is 6.92 Å². The number of hydrogen-bond acceptors (Lipinski definition) is 5. The molecule has 104 valence electrons. The van der Waals surface area contributed by atoms with E-state index < -0.39 is 12.1 Å². The van der Waals surface area contributed by atoms with E-state index >= 15 is 0 Å². The van der Waals surface area contributed by atoms with Crippen LogP contribution in [0.25, 0.3) is 0 Å². The summed E-state index contributed by atoms with van der Waals surface area (Å²) in [5.74, 6) is -1.12. The zero-order valence-electron chi connectivity index (χ0n) is 10.8. The van der Waals surface area contributed by atoms with Gasteiger partial charge in [-0.05, 0) is 26.7 Å². The van der Waals surface area contributed by atoms with Crippen LogP contribution < -0.4 is 5.32 Å². The van der Waals surface area contributed by atoms with Crippen molar-refractivity contribution >= 4 is 23.2 Å². The number of rotatable bonds is 4. The molecule has 2 rings (SSSR count). The van der Waals surface area contributed by atoms with Crippen LogP contribution in [-0.2, 0) is 9.53 Å². The van der Waals surface area contributed by atoms with E-state index in [-0.39, 0.29) is 12.0 Å². The first-order valence-corrected chi connectivity index (χ1v) is 6.89. The first-order chi connectivity index (χ1) is 8.97. The number of amides is 1. The van der Waals surface area contributed by atoms with Gasteiger partial charge in [-0.1, -0.05) is 0 Å². The van der Waals surface area contributed by atoms with Gasteiger partial charge in [0.05, 0.1) is 16.8 Å². The number of nitrogens with one attached hydrogen (secondary N) is 1. The van der Waals surface area contributed by atoms with Gasteiger partial charge in [0, 0.05) is 6.54 Å². The Morgan fingerprint density at radius 1 is 1.47 bits per heavy atom. The Labute approximate surface area is 114 Å². The van der Waals surface area contributed by atoms with Crippen molar-refractivity contribution in [1.82, 2.24) is 10.3 Å². The number of carboxylic acids is 1. The largest absolute Gasteiger partial charge is 0.479 e. The number of ether oxygens (including phenoxy) is 1. The van der Waals surface area contributed by atoms with Gasteiger partial charge in [0.1, 0.15) is 4.88 Å². The normalized spacial score (nSPS) is 22.4. The van der Waals surface area contributed by atoms with Crippen LogP contribution in [0.1, 0.15) is 33.2 Å². The quantitative estimate of drug-likeness (QED) is 0.865. The number of carbonyl (C=O) groups is 2. The number of aliphatic carboxylic acids is 1. The molecule has 1 fully saturated rings. The molecule has 1 aromatic rings. The fraction of sp³-hybridized carbons (Fsp3) is 0.583. The van der Waals surface area contributed by atoms with Gasteiger partial charge in [-0.2, -0.15) is 0 Å². The molecule has 0 aromatic carbocycles. The predicted octanol–water partition coefficient (Wildman–Crippen LogP) is 1.12. The van der Waals surface area contributed by atoms with Crippen molar-refractivity contribution in [3.8, 4) is 0 Å². The van der Waals surface area contributed by atoms with Gasteiger partial charge in [0.25, 0.3) is 5.91 Å². The van der Waals surface area contributed by atoms with Gasteiger partial charge < -0.3 is 15.2 Å². The van der Waals surface area contributed by atoms with Crippen LogP contribution in [0.5, 0.6) is 0 Å². The van der Waals surface area contributed by atoms with Crippen molar-refractivity contribution < 1.29 is 19.4 Å². The molecule has 2 unspecified atom stereocenters. The van der Waals surface area contributed by atoms with Crippen LogP contribution in [-0.4, -0.2) is 40.7 Å². The lowest BCUT2D eigenvalue weighted by molar-refractivity contribution is -0.149. The lowest BCUT2D eigenvalue weighted by Crippen LogP contribution is -2.33. The van der Waals surface area contributed by atoms with Crippen LogP contribution in [0.2, 0.25) is 0 Å². The van der Waals surface area contributed by atoms with Crippen molar-refractivity contribution in [3.05, 3.63) is 15.6 Å². The maximum Gasteiger partial charge on any atom is 0.332 e. The van der Waals surface area contributed by atoms with E-state index in [9.17, 15) is 9.59 Å². The minimum Gasteiger partial charge on any atom is -0.479 e. The van der Waals surface area contributed by atoms with Crippen LogP contribution in [0.4, 0.5) is 0 Å². The summed E-state index contributed by atoms with van der Waals surface area (Å²) in [6.45, 7) is 3.98. The molecule has 2 N–H and O–H groups in total. The Hall–Kier alpha value is -1.47. The van der Waals surface area contributed by atoms with E-state index in [1.165, 1.54) is 11.3 Å². The van der Waals surface area contributed by atoms with Crippen molar-refractivity contribution in [2.45, 2.75) is 38.9 Å². The zero-order chi connectivity index (χ0) is 14.0. The molecule has 0 radical (unpaired) electrons. The predicted molar refractivity (Wildman–Crippen MR) is 69.5 cm³/mol. The Balaban J connectivity index is 1.85. The Bertz CT molecular complexity index is 500. The van der Waals surface area contributed by atoms with Gasteiger partial charge in [0.2, 0.25) is 0 Å². The first-order valence-electron chi connectivity index (χ1n) is 6.08. The van der Waals surface area contributed by atoms with Gasteiger partial charge in [-0.15, -0.1) is 11.3 Å². The molecule has 0 bridgehead atoms. The molecule has 1 aromatic heterocycles. The van der Waals surface area contributed by atoms with Crippen molar-refractivity contribution in [2.24, 2.45) is 0 Å². The lowest BCUT2D eigenvalue weighted by atomic mass is 10.2. The second kappa shape index (κ2) is 5.66. The van der Waals surface area contributed by atoms with Crippen molar-refractivity contribution in [1.29, 1.82) is 0 Å². The molecule has 2 atom stereocenters. The molecule has 6 nitrogen and oxygen atoms in total. The number of aryl methyl sites for hydroxylation is 2. The van der Waals surface area contributed by atoms with Crippen LogP contribution >= 0.6 is 11.3 Å². The molecular formula is C12H16N2O4S. The molecular weight excluding hydrogens is 268 g/mol. The second-order valence-corrected chi connectivity index (χ2v) is 5.72. The minimum atomic E-state index is -0.942. The summed E-state index contributed by atoms with van der Waals surface area (Å²) in [5.41, 5.74) is 0.718. The highest BCUT2D eigenvalue weighted by Gasteiger charge is 2.30. The minimum absolute atomic E-state index is 0.175. The highest BCUT2D eigenvalue weighted by atomic mass is 32.1. The monoisotopic (exact) mass is 284 g/mol. The van der Waals surface area contributed by atoms with Crippen molar-refractivity contribution in [2.75, 3.05) is 6.54 Å². The zero-order valence-corrected chi connectivity index (χ0v) is 11.6. The fourth-order valence-electron chi connectivity index (χ4n) is 2.07. The number of hydrogen-bond donors (Lipinski definition) is 2. The van der Waals surface area contributed by atoms with Gasteiger partial charge in [-0.25, -0.2) is 9.78 Å². The summed E-state index contributed by atoms with van der Waals surface area (Å²) in [5, 5.41) is 12.4. The topological polar surface area (TPSA) is 88.5 Å². The number of nitrogens with zero attached hydrogens (tertiary/aromatic N) is 1. The molecule has 1 saturated heterocycles. The van der Waals surface area contributed by atoms with Crippen molar-refractivity contribution in [3.63, 3.8) is 0 Å². The Kier molecular flexibility index (Phi) is 4.16. The third-order valence-electron chi connectivity index (χ3n) is 2.98. The molecule has 1 amide bonds. The van der Waals surface area contributed by atoms with Crippen LogP contribution in [0, 0.1) is 13.8 Å². The van der Waals surface area contributed by atoms with Gasteiger partial charge in [-0.3, -0.25) is 4.79 Å². The highest BCUT2D eigenvalue weighted by Crippen LogP contribution is 2.20. The van der Waals surface area contributed by atoms with E-state index in [0.717, 1.165) is 10.7 Å². The van der Waals surface area contributed by atoms with Crippen LogP contribution in [0.15, 0.2) is 0 Å². The standard InChI is InChI=1S/C12H16N2O4S/c1-6-10(19-7(2)14-6)11(15)13-5-8-3-4-9(18-8)12(16)17/h8-9H,3-5H2,1-2H3,(H,13,15)(H,16,17). The molecule has 2 heterocycles. The van der Waals surface area contributed by atoms with E-state index in [2.05, 4.69) is 10.3 Å². The van der Waals surface area contributed by atoms with E-state index in [0.29, 0.717) is 24.3 Å². The maximum absolute atomic E-state index is 11.9. The third-order valence-corrected chi connectivity index (χ3v) is 4.05. The highest BCUT2D eigenvalue weighted by molar-refractivity contribution is 7.13. The summed E-state index contributed by atoms with van der Waals surface area (Å²) in [6, 6.07) is 0. The number of aromatic nitrogens is 1. The van der Waals surface area contributed by atoms with Crippen LogP contribution in [0.3, 0.4) is 0 Å². The lowest BCUT2D eigenvalue weighted by Gasteiger charge is -2.11. The molecule has 7 heteroatoms. The summed E-state index contributed by atoms with van der Waals surface area (Å²) >= 11 is 1.35. The maximum atomic E-state index is 11.9. The van der Waals surface area contributed by atoms with E-state index in [1.807, 2.05) is 6.92 Å². The van der Waals surface area contributed by atoms with Gasteiger partial charge >= 0.3 is 5.97 Å². The SMILES string of the molecule is Cc1nc(C)c(C(=O)NCC2CCC(C(=O)O)O2)s1.